The SMILES string of the molecule is N[C@H](CC(=O)Oc1ccccc1CN=C=O)C(=O)O. The first-order valence-electron chi connectivity index (χ1n) is 5.35. The van der Waals surface area contributed by atoms with Crippen molar-refractivity contribution < 1.29 is 24.2 Å². The monoisotopic (exact) mass is 264 g/mol. The lowest BCUT2D eigenvalue weighted by molar-refractivity contribution is -0.143. The Morgan fingerprint density at radius 1 is 1.42 bits per heavy atom. The molecule has 7 heteroatoms. The largest absolute Gasteiger partial charge is 0.480 e. The fraction of sp³-hybridized carbons (Fsp3) is 0.250. The van der Waals surface area contributed by atoms with Crippen molar-refractivity contribution in [2.45, 2.75) is 19.0 Å². The van der Waals surface area contributed by atoms with Crippen LogP contribution in [0.15, 0.2) is 29.3 Å². The van der Waals surface area contributed by atoms with Crippen LogP contribution in [0.1, 0.15) is 12.0 Å². The molecule has 0 unspecified atom stereocenters. The van der Waals surface area contributed by atoms with Gasteiger partial charge in [-0.15, -0.1) is 0 Å². The molecule has 1 aromatic rings. The number of carbonyl (C=O) groups excluding carboxylic acids is 2. The molecule has 0 aliphatic carbocycles. The van der Waals surface area contributed by atoms with Crippen molar-refractivity contribution in [1.29, 1.82) is 0 Å². The maximum Gasteiger partial charge on any atom is 0.321 e. The molecule has 0 bridgehead atoms. The molecule has 0 heterocycles. The predicted molar refractivity (Wildman–Crippen MR) is 64.1 cm³/mol. The van der Waals surface area contributed by atoms with Gasteiger partial charge in [-0.25, -0.2) is 9.79 Å². The Labute approximate surface area is 108 Å². The van der Waals surface area contributed by atoms with Crippen LogP contribution in [-0.4, -0.2) is 29.2 Å². The zero-order valence-corrected chi connectivity index (χ0v) is 9.91. The molecule has 0 aliphatic rings. The van der Waals surface area contributed by atoms with E-state index in [1.54, 1.807) is 18.2 Å². The number of isocyanates is 1. The van der Waals surface area contributed by atoms with Gasteiger partial charge >= 0.3 is 11.9 Å². The smallest absolute Gasteiger partial charge is 0.321 e. The Balaban J connectivity index is 2.73. The molecule has 0 radical (unpaired) electrons. The first-order valence-corrected chi connectivity index (χ1v) is 5.35. The molecule has 0 fully saturated rings. The van der Waals surface area contributed by atoms with Gasteiger partial charge in [0.2, 0.25) is 6.08 Å². The van der Waals surface area contributed by atoms with Crippen molar-refractivity contribution in [3.8, 4) is 5.75 Å². The van der Waals surface area contributed by atoms with Gasteiger partial charge in [-0.1, -0.05) is 18.2 Å². The highest BCUT2D eigenvalue weighted by atomic mass is 16.5. The van der Waals surface area contributed by atoms with Gasteiger partial charge < -0.3 is 15.6 Å². The Kier molecular flexibility index (Phi) is 5.40. The molecular weight excluding hydrogens is 252 g/mol. The molecule has 1 rings (SSSR count). The van der Waals surface area contributed by atoms with Gasteiger partial charge in [0.1, 0.15) is 11.8 Å². The average Bonchev–Trinajstić information content (AvgIpc) is 2.37. The fourth-order valence-electron chi connectivity index (χ4n) is 1.28. The minimum Gasteiger partial charge on any atom is -0.480 e. The normalized spacial score (nSPS) is 11.2. The van der Waals surface area contributed by atoms with E-state index < -0.39 is 24.4 Å². The van der Waals surface area contributed by atoms with E-state index in [1.165, 1.54) is 12.1 Å². The summed E-state index contributed by atoms with van der Waals surface area (Å²) in [6.45, 7) is 0.0257. The van der Waals surface area contributed by atoms with Crippen molar-refractivity contribution in [2.24, 2.45) is 10.7 Å². The van der Waals surface area contributed by atoms with Gasteiger partial charge in [0.15, 0.2) is 0 Å². The summed E-state index contributed by atoms with van der Waals surface area (Å²) >= 11 is 0. The van der Waals surface area contributed by atoms with Crippen LogP contribution in [0.25, 0.3) is 0 Å². The van der Waals surface area contributed by atoms with Gasteiger partial charge in [0, 0.05) is 5.56 Å². The number of hydrogen-bond acceptors (Lipinski definition) is 6. The molecule has 1 atom stereocenters. The summed E-state index contributed by atoms with van der Waals surface area (Å²) in [5.41, 5.74) is 5.74. The van der Waals surface area contributed by atoms with E-state index in [2.05, 4.69) is 4.99 Å². The summed E-state index contributed by atoms with van der Waals surface area (Å²) in [6.07, 6.45) is 0.937. The maximum absolute atomic E-state index is 11.5. The number of aliphatic imine (C=N–C) groups is 1. The maximum atomic E-state index is 11.5. The van der Waals surface area contributed by atoms with Crippen molar-refractivity contribution in [3.05, 3.63) is 29.8 Å². The van der Waals surface area contributed by atoms with E-state index in [9.17, 15) is 14.4 Å². The van der Waals surface area contributed by atoms with Crippen LogP contribution in [-0.2, 0) is 20.9 Å². The zero-order valence-electron chi connectivity index (χ0n) is 9.91. The van der Waals surface area contributed by atoms with Gasteiger partial charge in [-0.3, -0.25) is 9.59 Å². The summed E-state index contributed by atoms with van der Waals surface area (Å²) < 4.78 is 4.99. The number of rotatable bonds is 6. The second-order valence-electron chi connectivity index (χ2n) is 3.64. The molecule has 3 N–H and O–H groups in total. The van der Waals surface area contributed by atoms with Crippen molar-refractivity contribution in [3.63, 3.8) is 0 Å². The van der Waals surface area contributed by atoms with Crippen LogP contribution in [0.4, 0.5) is 0 Å². The highest BCUT2D eigenvalue weighted by Crippen LogP contribution is 2.19. The van der Waals surface area contributed by atoms with Crippen molar-refractivity contribution in [1.82, 2.24) is 0 Å². The molecule has 100 valence electrons. The van der Waals surface area contributed by atoms with Crippen molar-refractivity contribution >= 4 is 18.0 Å². The molecule has 0 saturated heterocycles. The average molecular weight is 264 g/mol. The molecule has 19 heavy (non-hydrogen) atoms. The Bertz CT molecular complexity index is 523. The van der Waals surface area contributed by atoms with E-state index >= 15 is 0 Å². The topological polar surface area (TPSA) is 119 Å². The second-order valence-corrected chi connectivity index (χ2v) is 3.64. The minimum absolute atomic E-state index is 0.0257. The minimum atomic E-state index is -1.31. The molecule has 7 nitrogen and oxygen atoms in total. The summed E-state index contributed by atoms with van der Waals surface area (Å²) in [4.78, 5) is 35.4. The molecular formula is C12H12N2O5. The van der Waals surface area contributed by atoms with Crippen LogP contribution in [0.2, 0.25) is 0 Å². The number of aliphatic carboxylic acids is 1. The molecule has 0 amide bonds. The van der Waals surface area contributed by atoms with E-state index in [-0.39, 0.29) is 12.3 Å². The number of ether oxygens (including phenoxy) is 1. The first kappa shape index (κ1) is 14.6. The fourth-order valence-corrected chi connectivity index (χ4v) is 1.28. The number of carboxylic acid groups (broad SMARTS) is 1. The highest BCUT2D eigenvalue weighted by Gasteiger charge is 2.18. The number of benzene rings is 1. The van der Waals surface area contributed by atoms with Crippen LogP contribution in [0.3, 0.4) is 0 Å². The van der Waals surface area contributed by atoms with Crippen molar-refractivity contribution in [2.75, 3.05) is 0 Å². The third-order valence-corrected chi connectivity index (χ3v) is 2.21. The van der Waals surface area contributed by atoms with Gasteiger partial charge in [-0.05, 0) is 6.07 Å². The summed E-state index contributed by atoms with van der Waals surface area (Å²) in [7, 11) is 0. The summed E-state index contributed by atoms with van der Waals surface area (Å²) in [5.74, 6) is -1.84. The first-order chi connectivity index (χ1) is 9.04. The Morgan fingerprint density at radius 3 is 2.74 bits per heavy atom. The molecule has 1 aromatic carbocycles. The second kappa shape index (κ2) is 7.05. The third kappa shape index (κ3) is 4.71. The van der Waals surface area contributed by atoms with Gasteiger partial charge in [0.25, 0.3) is 0 Å². The standard InChI is InChI=1S/C12H12N2O5/c13-9(12(17)18)5-11(16)19-10-4-2-1-3-8(10)6-14-7-15/h1-4,9H,5-6,13H2,(H,17,18)/t9-/m1/s1. The molecule has 0 aromatic heterocycles. The van der Waals surface area contributed by atoms with E-state index in [0.29, 0.717) is 5.56 Å². The Hall–Kier alpha value is -2.50. The van der Waals surface area contributed by atoms with Crippen LogP contribution in [0, 0.1) is 0 Å². The zero-order chi connectivity index (χ0) is 14.3. The lowest BCUT2D eigenvalue weighted by atomic mass is 10.2. The number of nitrogens with two attached hydrogens (primary N) is 1. The number of carboxylic acids is 1. The quantitative estimate of drug-likeness (QED) is 0.328. The van der Waals surface area contributed by atoms with Crippen LogP contribution in [0.5, 0.6) is 5.75 Å². The van der Waals surface area contributed by atoms with Crippen LogP contribution < -0.4 is 10.5 Å². The molecule has 0 saturated carbocycles. The number of carbonyl (C=O) groups is 2. The number of esters is 1. The lowest BCUT2D eigenvalue weighted by Crippen LogP contribution is -2.33. The lowest BCUT2D eigenvalue weighted by Gasteiger charge is -2.09. The third-order valence-electron chi connectivity index (χ3n) is 2.21. The number of hydrogen-bond donors (Lipinski definition) is 2. The van der Waals surface area contributed by atoms with Gasteiger partial charge in [0.05, 0.1) is 13.0 Å². The highest BCUT2D eigenvalue weighted by molar-refractivity contribution is 5.82. The van der Waals surface area contributed by atoms with Crippen LogP contribution >= 0.6 is 0 Å². The van der Waals surface area contributed by atoms with E-state index in [0.717, 1.165) is 0 Å². The van der Waals surface area contributed by atoms with E-state index in [1.807, 2.05) is 0 Å². The Morgan fingerprint density at radius 2 is 2.11 bits per heavy atom. The molecule has 0 spiro atoms. The van der Waals surface area contributed by atoms with Gasteiger partial charge in [-0.2, -0.15) is 0 Å². The summed E-state index contributed by atoms with van der Waals surface area (Å²) in [6, 6.07) is 5.15. The predicted octanol–water partition coefficient (Wildman–Crippen LogP) is 0.230. The molecule has 0 aliphatic heterocycles. The number of nitrogens with zero attached hydrogens (tertiary/aromatic N) is 1. The number of para-hydroxylation sites is 1. The van der Waals surface area contributed by atoms with E-state index in [4.69, 9.17) is 15.6 Å². The summed E-state index contributed by atoms with van der Waals surface area (Å²) in [5, 5.41) is 8.58.